The quantitative estimate of drug-likeness (QED) is 0.926. The third kappa shape index (κ3) is 2.85. The molecule has 0 aliphatic carbocycles. The van der Waals surface area contributed by atoms with E-state index in [1.54, 1.807) is 11.0 Å². The minimum atomic E-state index is -0.512. The van der Waals surface area contributed by atoms with Crippen LogP contribution in [-0.2, 0) is 0 Å². The lowest BCUT2D eigenvalue weighted by Gasteiger charge is -2.31. The highest BCUT2D eigenvalue weighted by Gasteiger charge is 2.23. The van der Waals surface area contributed by atoms with Gasteiger partial charge in [0.15, 0.2) is 0 Å². The molecule has 1 amide bonds. The number of rotatable bonds is 3. The van der Waals surface area contributed by atoms with E-state index in [1.165, 1.54) is 29.5 Å². The number of aliphatic hydroxyl groups is 1. The molecule has 0 saturated carbocycles. The van der Waals surface area contributed by atoms with E-state index in [0.29, 0.717) is 18.7 Å². The summed E-state index contributed by atoms with van der Waals surface area (Å²) in [5.41, 5.74) is 0.580. The summed E-state index contributed by atoms with van der Waals surface area (Å²) in [5.74, 6) is -0.433. The van der Waals surface area contributed by atoms with Gasteiger partial charge in [0.1, 0.15) is 24.2 Å². The molecule has 0 spiro atoms. The van der Waals surface area contributed by atoms with E-state index in [-0.39, 0.29) is 24.1 Å². The number of hydrogen-bond acceptors (Lipinski definition) is 4. The summed E-state index contributed by atoms with van der Waals surface area (Å²) in [5, 5.41) is 13.0. The van der Waals surface area contributed by atoms with Gasteiger partial charge in [-0.15, -0.1) is 0 Å². The van der Waals surface area contributed by atoms with Crippen molar-refractivity contribution in [2.45, 2.75) is 12.8 Å². The molecule has 2 aromatic rings. The lowest BCUT2D eigenvalue weighted by Crippen LogP contribution is -2.39. The fraction of sp³-hybridized carbons (Fsp3) is 0.400. The predicted octanol–water partition coefficient (Wildman–Crippen LogP) is 1.25. The van der Waals surface area contributed by atoms with Gasteiger partial charge in [0, 0.05) is 25.3 Å². The van der Waals surface area contributed by atoms with Crippen LogP contribution in [0.1, 0.15) is 23.2 Å². The lowest BCUT2D eigenvalue weighted by atomic mass is 9.97. The Morgan fingerprint density at radius 3 is 2.73 bits per heavy atom. The third-order valence-electron chi connectivity index (χ3n) is 4.02. The van der Waals surface area contributed by atoms with Gasteiger partial charge in [-0.2, -0.15) is 5.10 Å². The Morgan fingerprint density at radius 1 is 1.36 bits per heavy atom. The zero-order chi connectivity index (χ0) is 15.5. The SMILES string of the molecule is O=C(c1ccc(-n2cncn2)c(F)c1)N1CCC(CO)CC1. The number of halogens is 1. The van der Waals surface area contributed by atoms with Gasteiger partial charge in [0.2, 0.25) is 0 Å². The number of aliphatic hydroxyl groups excluding tert-OH is 1. The molecule has 3 rings (SSSR count). The number of likely N-dealkylation sites (tertiary alicyclic amines) is 1. The van der Waals surface area contributed by atoms with Gasteiger partial charge in [0.25, 0.3) is 5.91 Å². The zero-order valence-electron chi connectivity index (χ0n) is 12.0. The summed E-state index contributed by atoms with van der Waals surface area (Å²) < 4.78 is 15.5. The summed E-state index contributed by atoms with van der Waals surface area (Å²) >= 11 is 0. The second-order valence-electron chi connectivity index (χ2n) is 5.42. The average Bonchev–Trinajstić information content (AvgIpc) is 3.08. The molecule has 1 aromatic heterocycles. The summed E-state index contributed by atoms with van der Waals surface area (Å²) in [6.45, 7) is 1.34. The molecule has 1 saturated heterocycles. The maximum Gasteiger partial charge on any atom is 0.253 e. The molecule has 22 heavy (non-hydrogen) atoms. The number of hydrogen-bond donors (Lipinski definition) is 1. The molecule has 6 nitrogen and oxygen atoms in total. The van der Waals surface area contributed by atoms with Gasteiger partial charge in [0.05, 0.1) is 0 Å². The van der Waals surface area contributed by atoms with Crippen LogP contribution in [0.25, 0.3) is 5.69 Å². The highest BCUT2D eigenvalue weighted by Crippen LogP contribution is 2.20. The third-order valence-corrected chi connectivity index (χ3v) is 4.02. The highest BCUT2D eigenvalue weighted by molar-refractivity contribution is 5.94. The van der Waals surface area contributed by atoms with Crippen molar-refractivity contribution >= 4 is 5.91 Å². The van der Waals surface area contributed by atoms with Crippen molar-refractivity contribution in [2.75, 3.05) is 19.7 Å². The smallest absolute Gasteiger partial charge is 0.253 e. The summed E-state index contributed by atoms with van der Waals surface area (Å²) in [4.78, 5) is 17.9. The topological polar surface area (TPSA) is 71.2 Å². The summed E-state index contributed by atoms with van der Waals surface area (Å²) in [6.07, 6.45) is 4.28. The first-order valence-corrected chi connectivity index (χ1v) is 7.23. The molecule has 1 aliphatic rings. The monoisotopic (exact) mass is 304 g/mol. The van der Waals surface area contributed by atoms with Crippen molar-refractivity contribution < 1.29 is 14.3 Å². The fourth-order valence-electron chi connectivity index (χ4n) is 2.66. The Kier molecular flexibility index (Phi) is 4.15. The van der Waals surface area contributed by atoms with Crippen LogP contribution in [0.2, 0.25) is 0 Å². The second kappa shape index (κ2) is 6.23. The van der Waals surface area contributed by atoms with Gasteiger partial charge in [-0.1, -0.05) is 0 Å². The highest BCUT2D eigenvalue weighted by atomic mass is 19.1. The molecule has 1 N–H and O–H groups in total. The number of carbonyl (C=O) groups excluding carboxylic acids is 1. The largest absolute Gasteiger partial charge is 0.396 e. The Bertz CT molecular complexity index is 652. The van der Waals surface area contributed by atoms with Gasteiger partial charge >= 0.3 is 0 Å². The van der Waals surface area contributed by atoms with E-state index in [2.05, 4.69) is 10.1 Å². The number of aromatic nitrogens is 3. The molecule has 7 heteroatoms. The van der Waals surface area contributed by atoms with Crippen molar-refractivity contribution in [3.63, 3.8) is 0 Å². The number of nitrogens with zero attached hydrogens (tertiary/aromatic N) is 4. The maximum absolute atomic E-state index is 14.2. The van der Waals surface area contributed by atoms with E-state index in [9.17, 15) is 9.18 Å². The Morgan fingerprint density at radius 2 is 2.14 bits per heavy atom. The standard InChI is InChI=1S/C15H17FN4O2/c16-13-7-12(1-2-14(13)20-10-17-9-18-20)15(22)19-5-3-11(8-21)4-6-19/h1-2,7,9-11,21H,3-6,8H2. The number of benzene rings is 1. The van der Waals surface area contributed by atoms with E-state index in [0.717, 1.165) is 12.8 Å². The van der Waals surface area contributed by atoms with Crippen molar-refractivity contribution in [2.24, 2.45) is 5.92 Å². The number of piperidine rings is 1. The fourth-order valence-corrected chi connectivity index (χ4v) is 2.66. The number of amides is 1. The molecule has 2 heterocycles. The minimum absolute atomic E-state index is 0.156. The van der Waals surface area contributed by atoms with Crippen molar-refractivity contribution in [3.8, 4) is 5.69 Å². The Balaban J connectivity index is 1.75. The average molecular weight is 304 g/mol. The lowest BCUT2D eigenvalue weighted by molar-refractivity contribution is 0.0650. The van der Waals surface area contributed by atoms with E-state index in [4.69, 9.17) is 5.11 Å². The van der Waals surface area contributed by atoms with Crippen LogP contribution in [0.5, 0.6) is 0 Å². The molecule has 0 radical (unpaired) electrons. The summed E-state index contributed by atoms with van der Waals surface area (Å²) in [6, 6.07) is 4.36. The maximum atomic E-state index is 14.2. The molecule has 1 aromatic carbocycles. The molecular formula is C15H17FN4O2. The zero-order valence-corrected chi connectivity index (χ0v) is 12.0. The Labute approximate surface area is 127 Å². The molecule has 0 unspecified atom stereocenters. The molecular weight excluding hydrogens is 287 g/mol. The van der Waals surface area contributed by atoms with Crippen LogP contribution in [0, 0.1) is 11.7 Å². The van der Waals surface area contributed by atoms with Gasteiger partial charge in [-0.25, -0.2) is 14.1 Å². The summed E-state index contributed by atoms with van der Waals surface area (Å²) in [7, 11) is 0. The first-order valence-electron chi connectivity index (χ1n) is 7.23. The first-order chi connectivity index (χ1) is 10.7. The van der Waals surface area contributed by atoms with Crippen LogP contribution < -0.4 is 0 Å². The van der Waals surface area contributed by atoms with Crippen LogP contribution in [0.3, 0.4) is 0 Å². The van der Waals surface area contributed by atoms with Gasteiger partial charge in [-0.05, 0) is 37.0 Å². The van der Waals surface area contributed by atoms with Crippen molar-refractivity contribution in [3.05, 3.63) is 42.2 Å². The van der Waals surface area contributed by atoms with Crippen molar-refractivity contribution in [1.82, 2.24) is 19.7 Å². The molecule has 0 bridgehead atoms. The van der Waals surface area contributed by atoms with Crippen LogP contribution in [-0.4, -0.2) is 50.4 Å². The second-order valence-corrected chi connectivity index (χ2v) is 5.42. The van der Waals surface area contributed by atoms with Crippen LogP contribution in [0.4, 0.5) is 4.39 Å². The Hall–Kier alpha value is -2.28. The van der Waals surface area contributed by atoms with Crippen LogP contribution >= 0.6 is 0 Å². The van der Waals surface area contributed by atoms with E-state index >= 15 is 0 Å². The minimum Gasteiger partial charge on any atom is -0.396 e. The van der Waals surface area contributed by atoms with Crippen molar-refractivity contribution in [1.29, 1.82) is 0 Å². The van der Waals surface area contributed by atoms with E-state index < -0.39 is 5.82 Å². The van der Waals surface area contributed by atoms with Gasteiger partial charge in [-0.3, -0.25) is 4.79 Å². The molecule has 1 aliphatic heterocycles. The van der Waals surface area contributed by atoms with Crippen LogP contribution in [0.15, 0.2) is 30.9 Å². The predicted molar refractivity (Wildman–Crippen MR) is 77.0 cm³/mol. The molecule has 1 fully saturated rings. The normalized spacial score (nSPS) is 16.0. The molecule has 116 valence electrons. The van der Waals surface area contributed by atoms with Gasteiger partial charge < -0.3 is 10.0 Å². The first kappa shape index (κ1) is 14.6. The van der Waals surface area contributed by atoms with E-state index in [1.807, 2.05) is 0 Å². The molecule has 0 atom stereocenters. The number of carbonyl (C=O) groups is 1.